The third-order valence-corrected chi connectivity index (χ3v) is 5.56. The van der Waals surface area contributed by atoms with Crippen LogP contribution in [0.1, 0.15) is 12.5 Å². The van der Waals surface area contributed by atoms with E-state index in [-0.39, 0.29) is 10.8 Å². The van der Waals surface area contributed by atoms with Crippen LogP contribution in [0, 0.1) is 6.92 Å². The Kier molecular flexibility index (Phi) is 6.19. The van der Waals surface area contributed by atoms with E-state index in [2.05, 4.69) is 10.0 Å². The molecular weight excluding hydrogens is 388 g/mol. The van der Waals surface area contributed by atoms with E-state index < -0.39 is 16.1 Å². The van der Waals surface area contributed by atoms with Crippen molar-refractivity contribution < 1.29 is 17.9 Å². The zero-order chi connectivity index (χ0) is 20.9. The van der Waals surface area contributed by atoms with Crippen LogP contribution in [-0.2, 0) is 14.8 Å². The Bertz CT molecular complexity index is 1060. The first-order chi connectivity index (χ1) is 13.8. The fourth-order valence-electron chi connectivity index (χ4n) is 2.56. The van der Waals surface area contributed by atoms with Gasteiger partial charge in [-0.2, -0.15) is 0 Å². The first kappa shape index (κ1) is 20.4. The third-order valence-electron chi connectivity index (χ3n) is 4.16. The number of carbonyl (C=O) groups is 1. The van der Waals surface area contributed by atoms with E-state index in [1.807, 2.05) is 19.1 Å². The smallest absolute Gasteiger partial charge is 0.265 e. The topological polar surface area (TPSA) is 84.5 Å². The number of nitrogens with one attached hydrogen (secondary N) is 2. The summed E-state index contributed by atoms with van der Waals surface area (Å²) in [5, 5.41) is 2.72. The summed E-state index contributed by atoms with van der Waals surface area (Å²) >= 11 is 0. The van der Waals surface area contributed by atoms with E-state index in [4.69, 9.17) is 4.74 Å². The van der Waals surface area contributed by atoms with Gasteiger partial charge in [0.25, 0.3) is 15.9 Å². The molecule has 0 aromatic heterocycles. The first-order valence-electron chi connectivity index (χ1n) is 9.05. The van der Waals surface area contributed by atoms with Crippen molar-refractivity contribution in [3.05, 3.63) is 84.4 Å². The van der Waals surface area contributed by atoms with Gasteiger partial charge < -0.3 is 10.1 Å². The maximum absolute atomic E-state index is 12.5. The number of para-hydroxylation sites is 1. The number of sulfonamides is 1. The highest BCUT2D eigenvalue weighted by Crippen LogP contribution is 2.19. The lowest BCUT2D eigenvalue weighted by molar-refractivity contribution is -0.122. The minimum Gasteiger partial charge on any atom is -0.481 e. The van der Waals surface area contributed by atoms with Crippen molar-refractivity contribution in [2.24, 2.45) is 0 Å². The molecule has 29 heavy (non-hydrogen) atoms. The summed E-state index contributed by atoms with van der Waals surface area (Å²) in [4.78, 5) is 12.4. The number of rotatable bonds is 7. The van der Waals surface area contributed by atoms with Crippen LogP contribution >= 0.6 is 0 Å². The van der Waals surface area contributed by atoms with Crippen molar-refractivity contribution in [2.75, 3.05) is 10.0 Å². The van der Waals surface area contributed by atoms with Gasteiger partial charge in [-0.1, -0.05) is 35.9 Å². The van der Waals surface area contributed by atoms with Crippen LogP contribution < -0.4 is 14.8 Å². The van der Waals surface area contributed by atoms with Gasteiger partial charge in [0, 0.05) is 11.4 Å². The highest BCUT2D eigenvalue weighted by atomic mass is 32.2. The molecule has 3 aromatic carbocycles. The maximum Gasteiger partial charge on any atom is 0.265 e. The Morgan fingerprint density at radius 1 is 0.862 bits per heavy atom. The number of carbonyl (C=O) groups excluding carboxylic acids is 1. The second-order valence-corrected chi connectivity index (χ2v) is 8.24. The molecule has 0 radical (unpaired) electrons. The summed E-state index contributed by atoms with van der Waals surface area (Å²) in [6.45, 7) is 3.62. The molecule has 0 aliphatic carbocycles. The molecule has 2 N–H and O–H groups in total. The predicted molar refractivity (Wildman–Crippen MR) is 114 cm³/mol. The van der Waals surface area contributed by atoms with Gasteiger partial charge >= 0.3 is 0 Å². The Labute approximate surface area is 170 Å². The fourth-order valence-corrected chi connectivity index (χ4v) is 3.61. The van der Waals surface area contributed by atoms with Crippen molar-refractivity contribution in [1.29, 1.82) is 0 Å². The minimum atomic E-state index is -3.71. The Morgan fingerprint density at radius 3 is 2.10 bits per heavy atom. The van der Waals surface area contributed by atoms with Gasteiger partial charge in [0.1, 0.15) is 5.75 Å². The highest BCUT2D eigenvalue weighted by molar-refractivity contribution is 7.92. The Morgan fingerprint density at radius 2 is 1.48 bits per heavy atom. The Hall–Kier alpha value is -3.32. The molecule has 150 valence electrons. The summed E-state index contributed by atoms with van der Waals surface area (Å²) in [7, 11) is -3.71. The van der Waals surface area contributed by atoms with E-state index in [0.29, 0.717) is 17.1 Å². The average Bonchev–Trinajstić information content (AvgIpc) is 2.70. The van der Waals surface area contributed by atoms with Crippen LogP contribution in [-0.4, -0.2) is 20.4 Å². The summed E-state index contributed by atoms with van der Waals surface area (Å²) in [5.41, 5.74) is 2.06. The molecule has 3 aromatic rings. The quantitative estimate of drug-likeness (QED) is 0.611. The van der Waals surface area contributed by atoms with Gasteiger partial charge in [0.05, 0.1) is 4.90 Å². The third kappa shape index (κ3) is 5.58. The van der Waals surface area contributed by atoms with E-state index in [9.17, 15) is 13.2 Å². The number of amides is 1. The molecule has 0 aliphatic heterocycles. The van der Waals surface area contributed by atoms with Crippen LogP contribution in [0.15, 0.2) is 83.8 Å². The first-order valence-corrected chi connectivity index (χ1v) is 10.5. The molecule has 1 amide bonds. The van der Waals surface area contributed by atoms with Crippen LogP contribution in [0.25, 0.3) is 0 Å². The predicted octanol–water partition coefficient (Wildman–Crippen LogP) is 4.20. The molecule has 0 heterocycles. The molecule has 3 rings (SSSR count). The van der Waals surface area contributed by atoms with E-state index >= 15 is 0 Å². The lowest BCUT2D eigenvalue weighted by atomic mass is 10.2. The molecule has 0 spiro atoms. The Balaban J connectivity index is 1.62. The SMILES string of the molecule is Cc1ccc(OC(C)C(=O)Nc2ccc(S(=O)(=O)Nc3ccccc3)cc2)cc1. The summed E-state index contributed by atoms with van der Waals surface area (Å²) < 4.78 is 33.0. The van der Waals surface area contributed by atoms with Gasteiger partial charge in [-0.3, -0.25) is 9.52 Å². The van der Waals surface area contributed by atoms with E-state index in [0.717, 1.165) is 5.56 Å². The van der Waals surface area contributed by atoms with Gasteiger partial charge in [-0.25, -0.2) is 8.42 Å². The van der Waals surface area contributed by atoms with Crippen molar-refractivity contribution in [2.45, 2.75) is 24.8 Å². The number of ether oxygens (including phenoxy) is 1. The van der Waals surface area contributed by atoms with Gasteiger partial charge in [0.2, 0.25) is 0 Å². The molecule has 1 unspecified atom stereocenters. The fraction of sp³-hybridized carbons (Fsp3) is 0.136. The second kappa shape index (κ2) is 8.79. The van der Waals surface area contributed by atoms with Crippen molar-refractivity contribution in [3.63, 3.8) is 0 Å². The molecule has 0 bridgehead atoms. The molecule has 1 atom stereocenters. The normalized spacial score (nSPS) is 12.1. The summed E-state index contributed by atoms with van der Waals surface area (Å²) in [5.74, 6) is 0.273. The number of hydrogen-bond acceptors (Lipinski definition) is 4. The molecule has 0 saturated heterocycles. The van der Waals surface area contributed by atoms with Crippen molar-refractivity contribution >= 4 is 27.3 Å². The second-order valence-electron chi connectivity index (χ2n) is 6.56. The van der Waals surface area contributed by atoms with Crippen LogP contribution in [0.4, 0.5) is 11.4 Å². The largest absolute Gasteiger partial charge is 0.481 e. The molecule has 0 saturated carbocycles. The zero-order valence-electron chi connectivity index (χ0n) is 16.1. The molecular formula is C22H22N2O4S. The molecule has 0 aliphatic rings. The summed E-state index contributed by atoms with van der Waals surface area (Å²) in [6, 6.07) is 22.0. The minimum absolute atomic E-state index is 0.100. The monoisotopic (exact) mass is 410 g/mol. The van der Waals surface area contributed by atoms with Crippen LogP contribution in [0.3, 0.4) is 0 Å². The number of benzene rings is 3. The van der Waals surface area contributed by atoms with Crippen LogP contribution in [0.2, 0.25) is 0 Å². The van der Waals surface area contributed by atoms with E-state index in [1.54, 1.807) is 49.4 Å². The van der Waals surface area contributed by atoms with E-state index in [1.165, 1.54) is 24.3 Å². The van der Waals surface area contributed by atoms with Gasteiger partial charge in [0.15, 0.2) is 6.10 Å². The number of hydrogen-bond donors (Lipinski definition) is 2. The standard InChI is InChI=1S/C22H22N2O4S/c1-16-8-12-20(13-9-16)28-17(2)22(25)23-18-10-14-21(15-11-18)29(26,27)24-19-6-4-3-5-7-19/h3-15,17,24H,1-2H3,(H,23,25). The average molecular weight is 410 g/mol. The summed E-state index contributed by atoms with van der Waals surface area (Å²) in [6.07, 6.45) is -0.708. The molecule has 7 heteroatoms. The number of aryl methyl sites for hydroxylation is 1. The highest BCUT2D eigenvalue weighted by Gasteiger charge is 2.17. The number of anilines is 2. The molecule has 6 nitrogen and oxygen atoms in total. The molecule has 0 fully saturated rings. The van der Waals surface area contributed by atoms with Gasteiger partial charge in [-0.05, 0) is 62.4 Å². The van der Waals surface area contributed by atoms with Crippen molar-refractivity contribution in [3.8, 4) is 5.75 Å². The lowest BCUT2D eigenvalue weighted by Crippen LogP contribution is -2.30. The van der Waals surface area contributed by atoms with Gasteiger partial charge in [-0.15, -0.1) is 0 Å². The van der Waals surface area contributed by atoms with Crippen molar-refractivity contribution in [1.82, 2.24) is 0 Å². The zero-order valence-corrected chi connectivity index (χ0v) is 16.9. The van der Waals surface area contributed by atoms with Crippen LogP contribution in [0.5, 0.6) is 5.75 Å². The maximum atomic E-state index is 12.5. The lowest BCUT2D eigenvalue weighted by Gasteiger charge is -2.15.